The summed E-state index contributed by atoms with van der Waals surface area (Å²) in [5.41, 5.74) is 5.18. The number of rotatable bonds is 6. The molecule has 0 unspecified atom stereocenters. The van der Waals surface area contributed by atoms with Crippen LogP contribution in [0.3, 0.4) is 0 Å². The number of para-hydroxylation sites is 1. The van der Waals surface area contributed by atoms with Gasteiger partial charge in [-0.05, 0) is 56.8 Å². The molecule has 1 aliphatic heterocycles. The minimum atomic E-state index is 0.0784. The van der Waals surface area contributed by atoms with Gasteiger partial charge in [-0.1, -0.05) is 12.1 Å². The average molecular weight is 406 g/mol. The Hall–Kier alpha value is -2.86. The second-order valence-electron chi connectivity index (χ2n) is 8.13. The fourth-order valence-electron chi connectivity index (χ4n) is 4.05. The molecule has 2 heterocycles. The number of nitrogens with one attached hydrogen (secondary N) is 1. The van der Waals surface area contributed by atoms with Crippen LogP contribution < -0.4 is 4.90 Å². The van der Waals surface area contributed by atoms with Crippen molar-refractivity contribution in [3.05, 3.63) is 59.4 Å². The van der Waals surface area contributed by atoms with Crippen molar-refractivity contribution in [2.24, 2.45) is 0 Å². The van der Waals surface area contributed by atoms with Crippen molar-refractivity contribution in [2.75, 3.05) is 51.2 Å². The van der Waals surface area contributed by atoms with Crippen LogP contribution in [0, 0.1) is 6.92 Å². The molecule has 1 saturated heterocycles. The van der Waals surface area contributed by atoms with Gasteiger partial charge in [0.25, 0.3) is 5.91 Å². The van der Waals surface area contributed by atoms with Crippen LogP contribution in [-0.2, 0) is 6.42 Å². The smallest absolute Gasteiger partial charge is 0.253 e. The Morgan fingerprint density at radius 1 is 1.10 bits per heavy atom. The zero-order chi connectivity index (χ0) is 21.1. The maximum absolute atomic E-state index is 13.0. The normalized spacial score (nSPS) is 15.0. The first kappa shape index (κ1) is 20.4. The molecular weight excluding hydrogens is 374 g/mol. The molecule has 158 valence electrons. The molecule has 3 aromatic rings. The van der Waals surface area contributed by atoms with Gasteiger partial charge in [-0.3, -0.25) is 4.79 Å². The Labute approximate surface area is 178 Å². The van der Waals surface area contributed by atoms with Crippen molar-refractivity contribution in [1.82, 2.24) is 19.8 Å². The van der Waals surface area contributed by atoms with E-state index in [1.54, 1.807) is 0 Å². The summed E-state index contributed by atoms with van der Waals surface area (Å²) >= 11 is 0. The van der Waals surface area contributed by atoms with E-state index in [-0.39, 0.29) is 5.91 Å². The Bertz CT molecular complexity index is 1000. The number of aromatic amines is 1. The van der Waals surface area contributed by atoms with Crippen LogP contribution in [-0.4, -0.2) is 72.0 Å². The predicted molar refractivity (Wildman–Crippen MR) is 122 cm³/mol. The summed E-state index contributed by atoms with van der Waals surface area (Å²) < 4.78 is 0. The Morgan fingerprint density at radius 2 is 1.83 bits per heavy atom. The Balaban J connectivity index is 1.40. The van der Waals surface area contributed by atoms with Gasteiger partial charge in [-0.25, -0.2) is 4.98 Å². The second kappa shape index (κ2) is 8.88. The molecule has 0 atom stereocenters. The number of anilines is 1. The highest BCUT2D eigenvalue weighted by molar-refractivity contribution is 5.94. The molecular formula is C24H31N5O. The number of aromatic nitrogens is 2. The topological polar surface area (TPSA) is 55.5 Å². The SMILES string of the molecule is CCN(CCc1nc2c(C)cccc2[nH]1)C(=O)c1ccc(N2CCN(C)CC2)cc1. The molecule has 4 rings (SSSR count). The molecule has 6 nitrogen and oxygen atoms in total. The molecule has 6 heteroatoms. The van der Waals surface area contributed by atoms with Gasteiger partial charge in [-0.2, -0.15) is 0 Å². The van der Waals surface area contributed by atoms with Crippen LogP contribution in [0.1, 0.15) is 28.7 Å². The number of carbonyl (C=O) groups is 1. The molecule has 0 bridgehead atoms. The highest BCUT2D eigenvalue weighted by Gasteiger charge is 2.17. The van der Waals surface area contributed by atoms with E-state index in [1.807, 2.05) is 36.1 Å². The lowest BCUT2D eigenvalue weighted by Gasteiger charge is -2.34. The minimum absolute atomic E-state index is 0.0784. The summed E-state index contributed by atoms with van der Waals surface area (Å²) in [5.74, 6) is 1.01. The lowest BCUT2D eigenvalue weighted by atomic mass is 10.1. The summed E-state index contributed by atoms with van der Waals surface area (Å²) in [4.78, 5) is 27.8. The van der Waals surface area contributed by atoms with Crippen molar-refractivity contribution in [3.8, 4) is 0 Å². The summed E-state index contributed by atoms with van der Waals surface area (Å²) in [6.07, 6.45) is 0.715. The Kier molecular flexibility index (Phi) is 6.04. The number of amides is 1. The zero-order valence-corrected chi connectivity index (χ0v) is 18.2. The van der Waals surface area contributed by atoms with Gasteiger partial charge in [0.05, 0.1) is 11.0 Å². The number of piperazine rings is 1. The molecule has 1 aromatic heterocycles. The molecule has 0 aliphatic carbocycles. The third-order valence-corrected chi connectivity index (χ3v) is 6.03. The highest BCUT2D eigenvalue weighted by Crippen LogP contribution is 2.19. The molecule has 0 spiro atoms. The first-order valence-corrected chi connectivity index (χ1v) is 10.8. The van der Waals surface area contributed by atoms with Gasteiger partial charge in [-0.15, -0.1) is 0 Å². The number of hydrogen-bond donors (Lipinski definition) is 1. The Morgan fingerprint density at radius 3 is 2.50 bits per heavy atom. The van der Waals surface area contributed by atoms with Crippen LogP contribution in [0.5, 0.6) is 0 Å². The molecule has 0 radical (unpaired) electrons. The fourth-order valence-corrected chi connectivity index (χ4v) is 4.05. The van der Waals surface area contributed by atoms with Gasteiger partial charge >= 0.3 is 0 Å². The summed E-state index contributed by atoms with van der Waals surface area (Å²) in [6, 6.07) is 14.2. The van der Waals surface area contributed by atoms with Crippen molar-refractivity contribution in [1.29, 1.82) is 0 Å². The lowest BCUT2D eigenvalue weighted by Crippen LogP contribution is -2.44. The van der Waals surface area contributed by atoms with E-state index in [2.05, 4.69) is 47.0 Å². The van der Waals surface area contributed by atoms with Gasteiger partial charge in [0, 0.05) is 56.9 Å². The average Bonchev–Trinajstić information content (AvgIpc) is 3.19. The number of carbonyl (C=O) groups excluding carboxylic acids is 1. The van der Waals surface area contributed by atoms with Crippen molar-refractivity contribution in [2.45, 2.75) is 20.3 Å². The van der Waals surface area contributed by atoms with Crippen LogP contribution in [0.25, 0.3) is 11.0 Å². The fraction of sp³-hybridized carbons (Fsp3) is 0.417. The lowest BCUT2D eigenvalue weighted by molar-refractivity contribution is 0.0765. The molecule has 0 saturated carbocycles. The standard InChI is InChI=1S/C24H31N5O/c1-4-28(13-12-22-25-21-7-5-6-18(2)23(21)26-22)24(30)19-8-10-20(11-9-19)29-16-14-27(3)15-17-29/h5-11H,4,12-17H2,1-3H3,(H,25,26). The highest BCUT2D eigenvalue weighted by atomic mass is 16.2. The molecule has 30 heavy (non-hydrogen) atoms. The zero-order valence-electron chi connectivity index (χ0n) is 18.2. The number of likely N-dealkylation sites (N-methyl/N-ethyl adjacent to an activating group) is 2. The van der Waals surface area contributed by atoms with E-state index >= 15 is 0 Å². The van der Waals surface area contributed by atoms with E-state index in [0.29, 0.717) is 19.5 Å². The minimum Gasteiger partial charge on any atom is -0.369 e. The molecule has 1 amide bonds. The maximum Gasteiger partial charge on any atom is 0.253 e. The number of aryl methyl sites for hydroxylation is 1. The maximum atomic E-state index is 13.0. The summed E-state index contributed by atoms with van der Waals surface area (Å²) in [6.45, 7) is 9.63. The van der Waals surface area contributed by atoms with Crippen molar-refractivity contribution < 1.29 is 4.79 Å². The number of fused-ring (bicyclic) bond motifs is 1. The first-order valence-electron chi connectivity index (χ1n) is 10.8. The van der Waals surface area contributed by atoms with E-state index in [1.165, 1.54) is 11.3 Å². The van der Waals surface area contributed by atoms with Gasteiger partial charge < -0.3 is 19.7 Å². The molecule has 1 N–H and O–H groups in total. The van der Waals surface area contributed by atoms with E-state index in [4.69, 9.17) is 4.98 Å². The summed E-state index contributed by atoms with van der Waals surface area (Å²) in [7, 11) is 2.16. The van der Waals surface area contributed by atoms with Crippen LogP contribution >= 0.6 is 0 Å². The second-order valence-corrected chi connectivity index (χ2v) is 8.13. The number of benzene rings is 2. The van der Waals surface area contributed by atoms with E-state index < -0.39 is 0 Å². The summed E-state index contributed by atoms with van der Waals surface area (Å²) in [5, 5.41) is 0. The quantitative estimate of drug-likeness (QED) is 0.684. The molecule has 2 aromatic carbocycles. The molecule has 1 aliphatic rings. The van der Waals surface area contributed by atoms with Crippen LogP contribution in [0.2, 0.25) is 0 Å². The third-order valence-electron chi connectivity index (χ3n) is 6.03. The van der Waals surface area contributed by atoms with E-state index in [0.717, 1.165) is 48.6 Å². The largest absolute Gasteiger partial charge is 0.369 e. The van der Waals surface area contributed by atoms with Crippen molar-refractivity contribution in [3.63, 3.8) is 0 Å². The van der Waals surface area contributed by atoms with E-state index in [9.17, 15) is 4.79 Å². The van der Waals surface area contributed by atoms with Gasteiger partial charge in [0.2, 0.25) is 0 Å². The number of imidazole rings is 1. The van der Waals surface area contributed by atoms with Gasteiger partial charge in [0.1, 0.15) is 5.82 Å². The predicted octanol–water partition coefficient (Wildman–Crippen LogP) is 3.33. The number of H-pyrrole nitrogens is 1. The number of hydrogen-bond acceptors (Lipinski definition) is 4. The first-order chi connectivity index (χ1) is 14.5. The monoisotopic (exact) mass is 405 g/mol. The van der Waals surface area contributed by atoms with Crippen LogP contribution in [0.15, 0.2) is 42.5 Å². The molecule has 1 fully saturated rings. The third kappa shape index (κ3) is 4.33. The van der Waals surface area contributed by atoms with Crippen LogP contribution in [0.4, 0.5) is 5.69 Å². The van der Waals surface area contributed by atoms with Gasteiger partial charge in [0.15, 0.2) is 0 Å². The van der Waals surface area contributed by atoms with Crippen molar-refractivity contribution >= 4 is 22.6 Å². The number of nitrogens with zero attached hydrogens (tertiary/aromatic N) is 4.